The van der Waals surface area contributed by atoms with Crippen LogP contribution in [0.4, 0.5) is 9.52 Å². The lowest BCUT2D eigenvalue weighted by Gasteiger charge is -2.19. The van der Waals surface area contributed by atoms with E-state index in [2.05, 4.69) is 10.2 Å². The van der Waals surface area contributed by atoms with Gasteiger partial charge in [-0.3, -0.25) is 14.5 Å². The van der Waals surface area contributed by atoms with E-state index in [1.807, 2.05) is 6.92 Å². The van der Waals surface area contributed by atoms with Crippen LogP contribution in [-0.2, 0) is 7.05 Å². The van der Waals surface area contributed by atoms with Gasteiger partial charge in [-0.25, -0.2) is 4.39 Å². The van der Waals surface area contributed by atoms with Crippen LogP contribution in [0.5, 0.6) is 0 Å². The standard InChI is InChI=1S/C19H19FN4O2S/c1-3-4-10-24(18(26)14-7-5-6-8-15(14)20)19-22-21-17(27-19)13-9-11-23(2)16(25)12-13/h5-9,11-12H,3-4,10H2,1-2H3. The fourth-order valence-electron chi connectivity index (χ4n) is 2.50. The van der Waals surface area contributed by atoms with Gasteiger partial charge in [-0.2, -0.15) is 0 Å². The van der Waals surface area contributed by atoms with Crippen molar-refractivity contribution in [1.82, 2.24) is 14.8 Å². The summed E-state index contributed by atoms with van der Waals surface area (Å²) in [6, 6.07) is 9.12. The minimum atomic E-state index is -0.569. The van der Waals surface area contributed by atoms with E-state index in [0.717, 1.165) is 12.8 Å². The topological polar surface area (TPSA) is 68.1 Å². The average Bonchev–Trinajstić information content (AvgIpc) is 3.14. The zero-order valence-corrected chi connectivity index (χ0v) is 15.9. The van der Waals surface area contributed by atoms with E-state index >= 15 is 0 Å². The summed E-state index contributed by atoms with van der Waals surface area (Å²) in [5, 5.41) is 9.15. The van der Waals surface area contributed by atoms with Gasteiger partial charge >= 0.3 is 0 Å². The predicted molar refractivity (Wildman–Crippen MR) is 104 cm³/mol. The number of halogens is 1. The highest BCUT2D eigenvalue weighted by Gasteiger charge is 2.23. The number of aryl methyl sites for hydroxylation is 1. The maximum Gasteiger partial charge on any atom is 0.263 e. The molecule has 140 valence electrons. The summed E-state index contributed by atoms with van der Waals surface area (Å²) in [5.74, 6) is -1.02. The first kappa shape index (κ1) is 18.9. The van der Waals surface area contributed by atoms with Gasteiger partial charge in [0.1, 0.15) is 10.8 Å². The van der Waals surface area contributed by atoms with Crippen molar-refractivity contribution in [3.05, 3.63) is 64.3 Å². The number of hydrogen-bond donors (Lipinski definition) is 0. The monoisotopic (exact) mass is 386 g/mol. The maximum absolute atomic E-state index is 14.1. The average molecular weight is 386 g/mol. The Morgan fingerprint density at radius 1 is 1.26 bits per heavy atom. The smallest absolute Gasteiger partial charge is 0.263 e. The van der Waals surface area contributed by atoms with Crippen LogP contribution < -0.4 is 10.5 Å². The first-order valence-electron chi connectivity index (χ1n) is 8.58. The van der Waals surface area contributed by atoms with Crippen LogP contribution in [0.2, 0.25) is 0 Å². The van der Waals surface area contributed by atoms with Crippen LogP contribution >= 0.6 is 11.3 Å². The van der Waals surface area contributed by atoms with Crippen LogP contribution in [0.1, 0.15) is 30.1 Å². The molecule has 3 aromatic rings. The molecular weight excluding hydrogens is 367 g/mol. The van der Waals surface area contributed by atoms with Crippen LogP contribution in [0.3, 0.4) is 0 Å². The number of pyridine rings is 1. The number of hydrogen-bond acceptors (Lipinski definition) is 5. The largest absolute Gasteiger partial charge is 0.319 e. The third-order valence-corrected chi connectivity index (χ3v) is 5.08. The van der Waals surface area contributed by atoms with Gasteiger partial charge in [-0.15, -0.1) is 10.2 Å². The molecule has 8 heteroatoms. The van der Waals surface area contributed by atoms with Gasteiger partial charge in [0.15, 0.2) is 0 Å². The van der Waals surface area contributed by atoms with Crippen molar-refractivity contribution in [2.24, 2.45) is 7.05 Å². The first-order chi connectivity index (χ1) is 13.0. The van der Waals surface area contributed by atoms with Crippen molar-refractivity contribution in [2.45, 2.75) is 19.8 Å². The summed E-state index contributed by atoms with van der Waals surface area (Å²) in [6.45, 7) is 2.42. The molecule has 0 atom stereocenters. The van der Waals surface area contributed by atoms with Crippen LogP contribution in [0.15, 0.2) is 47.4 Å². The highest BCUT2D eigenvalue weighted by Crippen LogP contribution is 2.29. The quantitative estimate of drug-likeness (QED) is 0.650. The molecule has 0 unspecified atom stereocenters. The summed E-state index contributed by atoms with van der Waals surface area (Å²) in [5.41, 5.74) is 0.476. The van der Waals surface area contributed by atoms with E-state index in [4.69, 9.17) is 0 Å². The summed E-state index contributed by atoms with van der Waals surface area (Å²) < 4.78 is 15.5. The van der Waals surface area contributed by atoms with E-state index in [9.17, 15) is 14.0 Å². The zero-order chi connectivity index (χ0) is 19.4. The molecule has 0 bridgehead atoms. The number of amides is 1. The van der Waals surface area contributed by atoms with Crippen molar-refractivity contribution < 1.29 is 9.18 Å². The van der Waals surface area contributed by atoms with E-state index in [0.29, 0.717) is 22.2 Å². The summed E-state index contributed by atoms with van der Waals surface area (Å²) in [7, 11) is 1.66. The molecular formula is C19H19FN4O2S. The molecule has 0 saturated carbocycles. The molecule has 0 saturated heterocycles. The van der Waals surface area contributed by atoms with Crippen molar-refractivity contribution in [2.75, 3.05) is 11.4 Å². The first-order valence-corrected chi connectivity index (χ1v) is 9.40. The number of carbonyl (C=O) groups is 1. The Bertz CT molecular complexity index is 1010. The maximum atomic E-state index is 14.1. The molecule has 1 amide bonds. The lowest BCUT2D eigenvalue weighted by atomic mass is 10.2. The Kier molecular flexibility index (Phi) is 5.75. The Labute approximate surface area is 159 Å². The molecule has 1 aromatic carbocycles. The minimum absolute atomic E-state index is 0.000988. The van der Waals surface area contributed by atoms with Gasteiger partial charge in [0.2, 0.25) is 5.13 Å². The molecule has 0 fully saturated rings. The van der Waals surface area contributed by atoms with E-state index in [-0.39, 0.29) is 11.1 Å². The molecule has 0 radical (unpaired) electrons. The van der Waals surface area contributed by atoms with E-state index < -0.39 is 11.7 Å². The fraction of sp³-hybridized carbons (Fsp3) is 0.263. The van der Waals surface area contributed by atoms with Crippen molar-refractivity contribution in [3.8, 4) is 10.6 Å². The molecule has 3 rings (SSSR count). The Balaban J connectivity index is 1.95. The Hall–Kier alpha value is -2.87. The van der Waals surface area contributed by atoms with Crippen molar-refractivity contribution in [1.29, 1.82) is 0 Å². The highest BCUT2D eigenvalue weighted by molar-refractivity contribution is 7.18. The number of aromatic nitrogens is 3. The third kappa shape index (κ3) is 4.11. The van der Waals surface area contributed by atoms with E-state index in [1.165, 1.54) is 39.0 Å². The van der Waals surface area contributed by atoms with Gasteiger partial charge in [0, 0.05) is 31.4 Å². The number of anilines is 1. The Morgan fingerprint density at radius 2 is 2.04 bits per heavy atom. The predicted octanol–water partition coefficient (Wildman–Crippen LogP) is 3.49. The second-order valence-electron chi connectivity index (χ2n) is 6.04. The van der Waals surface area contributed by atoms with Crippen molar-refractivity contribution >= 4 is 22.4 Å². The number of benzene rings is 1. The summed E-state index contributed by atoms with van der Waals surface area (Å²) in [6.07, 6.45) is 3.28. The molecule has 6 nitrogen and oxygen atoms in total. The number of nitrogens with zero attached hydrogens (tertiary/aromatic N) is 4. The van der Waals surface area contributed by atoms with Gasteiger partial charge in [0.05, 0.1) is 5.56 Å². The lowest BCUT2D eigenvalue weighted by Crippen LogP contribution is -2.32. The molecule has 0 aliphatic carbocycles. The van der Waals surface area contributed by atoms with Crippen LogP contribution in [0, 0.1) is 5.82 Å². The number of rotatable bonds is 6. The van der Waals surface area contributed by atoms with Gasteiger partial charge in [-0.1, -0.05) is 36.8 Å². The summed E-state index contributed by atoms with van der Waals surface area (Å²) in [4.78, 5) is 26.2. The van der Waals surface area contributed by atoms with Crippen LogP contribution in [0.25, 0.3) is 10.6 Å². The molecule has 0 spiro atoms. The second kappa shape index (κ2) is 8.22. The molecule has 27 heavy (non-hydrogen) atoms. The fourth-order valence-corrected chi connectivity index (χ4v) is 3.37. The van der Waals surface area contributed by atoms with Crippen LogP contribution in [-0.4, -0.2) is 27.2 Å². The third-order valence-electron chi connectivity index (χ3n) is 4.08. The summed E-state index contributed by atoms with van der Waals surface area (Å²) >= 11 is 1.20. The highest BCUT2D eigenvalue weighted by atomic mass is 32.1. The van der Waals surface area contributed by atoms with E-state index in [1.54, 1.807) is 31.4 Å². The minimum Gasteiger partial charge on any atom is -0.319 e. The molecule has 0 N–H and O–H groups in total. The number of carbonyl (C=O) groups excluding carboxylic acids is 1. The van der Waals surface area contributed by atoms with Gasteiger partial charge in [0.25, 0.3) is 11.5 Å². The second-order valence-corrected chi connectivity index (χ2v) is 7.00. The van der Waals surface area contributed by atoms with Gasteiger partial charge < -0.3 is 4.57 Å². The molecule has 0 aliphatic heterocycles. The zero-order valence-electron chi connectivity index (χ0n) is 15.1. The lowest BCUT2D eigenvalue weighted by molar-refractivity contribution is 0.0982. The normalized spacial score (nSPS) is 10.8. The molecule has 2 heterocycles. The Morgan fingerprint density at radius 3 is 2.74 bits per heavy atom. The number of unbranched alkanes of at least 4 members (excludes halogenated alkanes) is 1. The van der Waals surface area contributed by atoms with Gasteiger partial charge in [-0.05, 0) is 24.6 Å². The van der Waals surface area contributed by atoms with Crippen molar-refractivity contribution in [3.63, 3.8) is 0 Å². The SMILES string of the molecule is CCCCN(C(=O)c1ccccc1F)c1nnc(-c2ccn(C)c(=O)c2)s1. The molecule has 2 aromatic heterocycles. The molecule has 0 aliphatic rings.